The van der Waals surface area contributed by atoms with Crippen molar-refractivity contribution in [3.05, 3.63) is 41.7 Å². The number of fused-ring (bicyclic) bond motifs is 1. The first-order valence-electron chi connectivity index (χ1n) is 7.12. The summed E-state index contributed by atoms with van der Waals surface area (Å²) in [6.07, 6.45) is 3.24. The molecule has 0 radical (unpaired) electrons. The number of nitrogens with zero attached hydrogens (tertiary/aromatic N) is 5. The van der Waals surface area contributed by atoms with E-state index in [2.05, 4.69) is 24.8 Å². The van der Waals surface area contributed by atoms with Crippen molar-refractivity contribution in [3.8, 4) is 0 Å². The van der Waals surface area contributed by atoms with Gasteiger partial charge >= 0.3 is 0 Å². The molecule has 0 saturated carbocycles. The molecule has 1 aliphatic heterocycles. The van der Waals surface area contributed by atoms with E-state index in [-0.39, 0.29) is 0 Å². The Balaban J connectivity index is 1.48. The van der Waals surface area contributed by atoms with Gasteiger partial charge in [0.05, 0.1) is 17.4 Å². The molecule has 1 saturated heterocycles. The largest absolute Gasteiger partial charge is 0.423 e. The predicted octanol–water partition coefficient (Wildman–Crippen LogP) is 2.60. The van der Waals surface area contributed by atoms with Gasteiger partial charge in [0.2, 0.25) is 5.95 Å². The van der Waals surface area contributed by atoms with Crippen LogP contribution < -0.4 is 9.80 Å². The van der Waals surface area contributed by atoms with Crippen LogP contribution in [0.25, 0.3) is 11.1 Å². The summed E-state index contributed by atoms with van der Waals surface area (Å²) < 4.78 is 5.81. The van der Waals surface area contributed by atoms with Crippen LogP contribution in [-0.4, -0.2) is 41.1 Å². The van der Waals surface area contributed by atoms with Crippen LogP contribution in [0.5, 0.6) is 0 Å². The van der Waals surface area contributed by atoms with E-state index >= 15 is 0 Å². The Morgan fingerprint density at radius 3 is 2.36 bits per heavy atom. The molecule has 0 bridgehead atoms. The summed E-state index contributed by atoms with van der Waals surface area (Å²) in [5.74, 6) is 0.710. The molecule has 1 fully saturated rings. The minimum Gasteiger partial charge on any atom is -0.423 e. The maximum absolute atomic E-state index is 5.82. The second-order valence-corrected chi connectivity index (χ2v) is 5.58. The van der Waals surface area contributed by atoms with Crippen molar-refractivity contribution in [1.29, 1.82) is 0 Å². The van der Waals surface area contributed by atoms with Gasteiger partial charge in [-0.3, -0.25) is 0 Å². The highest BCUT2D eigenvalue weighted by Crippen LogP contribution is 2.23. The summed E-state index contributed by atoms with van der Waals surface area (Å²) in [5, 5.41) is 0.550. The third kappa shape index (κ3) is 2.46. The Labute approximate surface area is 132 Å². The summed E-state index contributed by atoms with van der Waals surface area (Å²) in [7, 11) is 0. The van der Waals surface area contributed by atoms with Crippen molar-refractivity contribution in [2.75, 3.05) is 36.0 Å². The van der Waals surface area contributed by atoms with E-state index in [1.807, 2.05) is 24.3 Å². The average Bonchev–Trinajstić information content (AvgIpc) is 3.00. The van der Waals surface area contributed by atoms with Crippen LogP contribution in [0.3, 0.4) is 0 Å². The molecular formula is C15H14ClN5O. The molecule has 6 nitrogen and oxygen atoms in total. The number of hydrogen-bond acceptors (Lipinski definition) is 6. The molecule has 2 aromatic heterocycles. The molecule has 3 heterocycles. The van der Waals surface area contributed by atoms with Crippen molar-refractivity contribution in [3.63, 3.8) is 0 Å². The van der Waals surface area contributed by atoms with E-state index in [0.717, 1.165) is 37.3 Å². The summed E-state index contributed by atoms with van der Waals surface area (Å²) in [5.41, 5.74) is 1.71. The van der Waals surface area contributed by atoms with Crippen molar-refractivity contribution < 1.29 is 4.42 Å². The van der Waals surface area contributed by atoms with Gasteiger partial charge in [0.15, 0.2) is 5.58 Å². The molecule has 1 aliphatic rings. The molecule has 0 atom stereocenters. The Morgan fingerprint density at radius 1 is 0.955 bits per heavy atom. The highest BCUT2D eigenvalue weighted by Gasteiger charge is 2.22. The number of benzene rings is 1. The van der Waals surface area contributed by atoms with E-state index in [4.69, 9.17) is 16.0 Å². The van der Waals surface area contributed by atoms with Crippen molar-refractivity contribution in [2.45, 2.75) is 0 Å². The fourth-order valence-corrected chi connectivity index (χ4v) is 2.66. The van der Waals surface area contributed by atoms with E-state index in [9.17, 15) is 0 Å². The molecule has 0 unspecified atom stereocenters. The second kappa shape index (κ2) is 5.46. The molecule has 3 aromatic rings. The maximum Gasteiger partial charge on any atom is 0.298 e. The van der Waals surface area contributed by atoms with Crippen LogP contribution in [0.1, 0.15) is 0 Å². The number of anilines is 2. The number of aromatic nitrogens is 3. The van der Waals surface area contributed by atoms with E-state index in [1.54, 1.807) is 12.4 Å². The summed E-state index contributed by atoms with van der Waals surface area (Å²) >= 11 is 5.82. The molecule has 7 heteroatoms. The van der Waals surface area contributed by atoms with Gasteiger partial charge in [-0.1, -0.05) is 23.7 Å². The maximum atomic E-state index is 5.82. The van der Waals surface area contributed by atoms with Crippen molar-refractivity contribution in [1.82, 2.24) is 15.0 Å². The molecular weight excluding hydrogens is 302 g/mol. The fourth-order valence-electron chi connectivity index (χ4n) is 2.56. The molecule has 0 N–H and O–H groups in total. The molecule has 22 heavy (non-hydrogen) atoms. The van der Waals surface area contributed by atoms with Crippen LogP contribution >= 0.6 is 11.6 Å². The zero-order valence-corrected chi connectivity index (χ0v) is 12.6. The van der Waals surface area contributed by atoms with Crippen LogP contribution in [-0.2, 0) is 0 Å². The molecule has 0 spiro atoms. The summed E-state index contributed by atoms with van der Waals surface area (Å²) in [6, 6.07) is 8.49. The Bertz CT molecular complexity index is 747. The topological polar surface area (TPSA) is 58.3 Å². The van der Waals surface area contributed by atoms with Crippen LogP contribution in [0.2, 0.25) is 5.02 Å². The monoisotopic (exact) mass is 315 g/mol. The predicted molar refractivity (Wildman–Crippen MR) is 85.5 cm³/mol. The van der Waals surface area contributed by atoms with Gasteiger partial charge in [0, 0.05) is 26.2 Å². The summed E-state index contributed by atoms with van der Waals surface area (Å²) in [6.45, 7) is 3.28. The molecule has 0 amide bonds. The molecule has 4 rings (SSSR count). The van der Waals surface area contributed by atoms with E-state index in [0.29, 0.717) is 17.0 Å². The van der Waals surface area contributed by atoms with Crippen molar-refractivity contribution in [2.24, 2.45) is 0 Å². The first-order valence-corrected chi connectivity index (χ1v) is 7.50. The van der Waals surface area contributed by atoms with Crippen LogP contribution in [0.15, 0.2) is 41.1 Å². The van der Waals surface area contributed by atoms with Crippen LogP contribution in [0.4, 0.5) is 12.0 Å². The number of hydrogen-bond donors (Lipinski definition) is 0. The van der Waals surface area contributed by atoms with Gasteiger partial charge in [-0.15, -0.1) is 0 Å². The van der Waals surface area contributed by atoms with Gasteiger partial charge in [-0.25, -0.2) is 9.97 Å². The smallest absolute Gasteiger partial charge is 0.298 e. The van der Waals surface area contributed by atoms with Gasteiger partial charge < -0.3 is 14.2 Å². The molecule has 0 aliphatic carbocycles. The lowest BCUT2D eigenvalue weighted by Crippen LogP contribution is -2.47. The number of halogens is 1. The average molecular weight is 316 g/mol. The third-order valence-electron chi connectivity index (χ3n) is 3.72. The van der Waals surface area contributed by atoms with Crippen LogP contribution in [0, 0.1) is 0 Å². The lowest BCUT2D eigenvalue weighted by atomic mass is 10.3. The first kappa shape index (κ1) is 13.3. The standard InChI is InChI=1S/C15H14ClN5O/c16-11-9-17-14(18-10-11)20-5-7-21(8-6-20)15-19-12-3-1-2-4-13(12)22-15/h1-4,9-10H,5-8H2. The summed E-state index contributed by atoms with van der Waals surface area (Å²) in [4.78, 5) is 17.3. The minimum atomic E-state index is 0.550. The molecule has 112 valence electrons. The Hall–Kier alpha value is -2.34. The molecule has 1 aromatic carbocycles. The van der Waals surface area contributed by atoms with Gasteiger partial charge in [0.1, 0.15) is 5.52 Å². The number of oxazole rings is 1. The highest BCUT2D eigenvalue weighted by atomic mass is 35.5. The first-order chi connectivity index (χ1) is 10.8. The second-order valence-electron chi connectivity index (χ2n) is 5.14. The third-order valence-corrected chi connectivity index (χ3v) is 3.92. The van der Waals surface area contributed by atoms with Gasteiger partial charge in [0.25, 0.3) is 6.01 Å². The Kier molecular flexibility index (Phi) is 3.31. The fraction of sp³-hybridized carbons (Fsp3) is 0.267. The lowest BCUT2D eigenvalue weighted by molar-refractivity contribution is 0.539. The van der Waals surface area contributed by atoms with Gasteiger partial charge in [-0.05, 0) is 12.1 Å². The SMILES string of the molecule is Clc1cnc(N2CCN(c3nc4ccccc4o3)CC2)nc1. The van der Waals surface area contributed by atoms with Gasteiger partial charge in [-0.2, -0.15) is 4.98 Å². The normalized spacial score (nSPS) is 15.5. The number of para-hydroxylation sites is 2. The zero-order valence-electron chi connectivity index (χ0n) is 11.8. The number of piperazine rings is 1. The quantitative estimate of drug-likeness (QED) is 0.724. The lowest BCUT2D eigenvalue weighted by Gasteiger charge is -2.33. The zero-order chi connectivity index (χ0) is 14.9. The van der Waals surface area contributed by atoms with E-state index < -0.39 is 0 Å². The minimum absolute atomic E-state index is 0.550. The highest BCUT2D eigenvalue weighted by molar-refractivity contribution is 6.30. The van der Waals surface area contributed by atoms with E-state index in [1.165, 1.54) is 0 Å². The Morgan fingerprint density at radius 2 is 1.64 bits per heavy atom. The van der Waals surface area contributed by atoms with Crippen molar-refractivity contribution >= 4 is 34.7 Å². The number of rotatable bonds is 2.